The molecular formula is C13H22N2O4S. The number of nitrogens with one attached hydrogen (secondary N) is 1. The van der Waals surface area contributed by atoms with E-state index < -0.39 is 5.97 Å². The monoisotopic (exact) mass is 302 g/mol. The number of nitrogens with zero attached hydrogens (tertiary/aromatic N) is 1. The number of thioether (sulfide) groups is 1. The molecule has 6 nitrogen and oxygen atoms in total. The molecule has 0 aromatic heterocycles. The molecule has 1 heterocycles. The first kappa shape index (κ1) is 16.8. The molecule has 0 saturated carbocycles. The lowest BCUT2D eigenvalue weighted by Gasteiger charge is -2.34. The maximum Gasteiger partial charge on any atom is 0.305 e. The number of carboxylic acid groups (broad SMARTS) is 1. The van der Waals surface area contributed by atoms with Crippen LogP contribution in [0.2, 0.25) is 0 Å². The fourth-order valence-electron chi connectivity index (χ4n) is 2.07. The van der Waals surface area contributed by atoms with Gasteiger partial charge in [0.1, 0.15) is 0 Å². The number of carbonyl (C=O) groups excluding carboxylic acids is 2. The molecule has 0 spiro atoms. The average molecular weight is 302 g/mol. The average Bonchev–Trinajstić information content (AvgIpc) is 2.42. The highest BCUT2D eigenvalue weighted by molar-refractivity contribution is 7.99. The van der Waals surface area contributed by atoms with E-state index in [1.165, 1.54) is 0 Å². The first-order chi connectivity index (χ1) is 9.54. The summed E-state index contributed by atoms with van der Waals surface area (Å²) in [6.45, 7) is 3.15. The van der Waals surface area contributed by atoms with Gasteiger partial charge in [-0.05, 0) is 6.42 Å². The Morgan fingerprint density at radius 2 is 2.10 bits per heavy atom. The molecule has 0 radical (unpaired) electrons. The second-order valence-corrected chi connectivity index (χ2v) is 5.91. The van der Waals surface area contributed by atoms with Crippen LogP contribution in [0.5, 0.6) is 0 Å². The summed E-state index contributed by atoms with van der Waals surface area (Å²) in [5, 5.41) is 11.6. The Bertz CT molecular complexity index is 362. The van der Waals surface area contributed by atoms with Gasteiger partial charge in [-0.25, -0.2) is 0 Å². The topological polar surface area (TPSA) is 86.7 Å². The number of amides is 2. The number of hydrogen-bond donors (Lipinski definition) is 2. The van der Waals surface area contributed by atoms with E-state index in [9.17, 15) is 14.4 Å². The van der Waals surface area contributed by atoms with E-state index >= 15 is 0 Å². The summed E-state index contributed by atoms with van der Waals surface area (Å²) in [5.41, 5.74) is 0. The Kier molecular flexibility index (Phi) is 7.43. The molecule has 1 aliphatic heterocycles. The smallest absolute Gasteiger partial charge is 0.305 e. The van der Waals surface area contributed by atoms with Crippen molar-refractivity contribution in [2.45, 2.75) is 38.6 Å². The van der Waals surface area contributed by atoms with Gasteiger partial charge in [0, 0.05) is 37.4 Å². The van der Waals surface area contributed by atoms with Gasteiger partial charge in [0.25, 0.3) is 0 Å². The molecule has 1 saturated heterocycles. The third-order valence-corrected chi connectivity index (χ3v) is 4.19. The number of hydrogen-bond acceptors (Lipinski definition) is 4. The first-order valence-electron chi connectivity index (χ1n) is 6.90. The Morgan fingerprint density at radius 1 is 1.35 bits per heavy atom. The third kappa shape index (κ3) is 5.81. The van der Waals surface area contributed by atoms with Gasteiger partial charge in [0.2, 0.25) is 11.8 Å². The summed E-state index contributed by atoms with van der Waals surface area (Å²) in [4.78, 5) is 36.0. The van der Waals surface area contributed by atoms with Crippen molar-refractivity contribution in [2.24, 2.45) is 0 Å². The molecule has 1 atom stereocenters. The van der Waals surface area contributed by atoms with Crippen molar-refractivity contribution in [2.75, 3.05) is 24.6 Å². The predicted molar refractivity (Wildman–Crippen MR) is 77.6 cm³/mol. The van der Waals surface area contributed by atoms with Gasteiger partial charge in [-0.15, -0.1) is 0 Å². The van der Waals surface area contributed by atoms with E-state index in [1.807, 2.05) is 6.92 Å². The number of carbonyl (C=O) groups is 3. The molecule has 1 fully saturated rings. The molecule has 1 unspecified atom stereocenters. The van der Waals surface area contributed by atoms with Crippen LogP contribution in [-0.4, -0.2) is 58.4 Å². The van der Waals surface area contributed by atoms with Crippen molar-refractivity contribution < 1.29 is 19.5 Å². The Hall–Kier alpha value is -1.24. The fourth-order valence-corrected chi connectivity index (χ4v) is 3.13. The van der Waals surface area contributed by atoms with E-state index in [2.05, 4.69) is 5.32 Å². The molecule has 0 aliphatic carbocycles. The van der Waals surface area contributed by atoms with Crippen molar-refractivity contribution in [3.63, 3.8) is 0 Å². The molecular weight excluding hydrogens is 280 g/mol. The summed E-state index contributed by atoms with van der Waals surface area (Å²) in [6.07, 6.45) is 1.16. The van der Waals surface area contributed by atoms with Crippen LogP contribution in [0.4, 0.5) is 0 Å². The van der Waals surface area contributed by atoms with Crippen molar-refractivity contribution >= 4 is 29.5 Å². The Balaban J connectivity index is 2.42. The van der Waals surface area contributed by atoms with Gasteiger partial charge < -0.3 is 15.3 Å². The third-order valence-electron chi connectivity index (χ3n) is 3.10. The van der Waals surface area contributed by atoms with Gasteiger partial charge >= 0.3 is 5.97 Å². The summed E-state index contributed by atoms with van der Waals surface area (Å²) in [5.74, 6) is 0.338. The van der Waals surface area contributed by atoms with E-state index in [-0.39, 0.29) is 37.1 Å². The van der Waals surface area contributed by atoms with Gasteiger partial charge in [-0.3, -0.25) is 14.4 Å². The van der Waals surface area contributed by atoms with Gasteiger partial charge in [0.05, 0.1) is 12.5 Å². The van der Waals surface area contributed by atoms with E-state index in [4.69, 9.17) is 5.11 Å². The zero-order valence-corrected chi connectivity index (χ0v) is 12.6. The van der Waals surface area contributed by atoms with Crippen LogP contribution < -0.4 is 5.32 Å². The maximum absolute atomic E-state index is 12.1. The van der Waals surface area contributed by atoms with Crippen LogP contribution in [0.3, 0.4) is 0 Å². The molecule has 0 bridgehead atoms. The van der Waals surface area contributed by atoms with Crippen molar-refractivity contribution in [3.8, 4) is 0 Å². The largest absolute Gasteiger partial charge is 0.481 e. The van der Waals surface area contributed by atoms with Gasteiger partial charge in [-0.1, -0.05) is 6.92 Å². The molecule has 2 amide bonds. The molecule has 114 valence electrons. The Morgan fingerprint density at radius 3 is 2.75 bits per heavy atom. The quantitative estimate of drug-likeness (QED) is 0.723. The Labute approximate surface area is 123 Å². The molecule has 1 rings (SSSR count). The molecule has 0 aromatic rings. The zero-order valence-electron chi connectivity index (χ0n) is 11.8. The summed E-state index contributed by atoms with van der Waals surface area (Å²) < 4.78 is 0. The minimum atomic E-state index is -0.893. The van der Waals surface area contributed by atoms with Crippen molar-refractivity contribution in [3.05, 3.63) is 0 Å². The normalized spacial score (nSPS) is 18.6. The van der Waals surface area contributed by atoms with Crippen LogP contribution in [0, 0.1) is 0 Å². The van der Waals surface area contributed by atoms with E-state index in [0.717, 1.165) is 12.2 Å². The highest BCUT2D eigenvalue weighted by Crippen LogP contribution is 2.20. The second kappa shape index (κ2) is 8.84. The van der Waals surface area contributed by atoms with Crippen LogP contribution in [0.1, 0.15) is 32.6 Å². The number of aliphatic carboxylic acids is 1. The molecule has 20 heavy (non-hydrogen) atoms. The van der Waals surface area contributed by atoms with Crippen molar-refractivity contribution in [1.29, 1.82) is 0 Å². The lowest BCUT2D eigenvalue weighted by molar-refractivity contribution is -0.141. The minimum absolute atomic E-state index is 0.0270. The SMILES string of the molecule is CCCNC(=O)CCC(=O)N1CCSCC1CC(=O)O. The lowest BCUT2D eigenvalue weighted by Crippen LogP contribution is -2.47. The highest BCUT2D eigenvalue weighted by atomic mass is 32.2. The van der Waals surface area contributed by atoms with Crippen LogP contribution in [0.25, 0.3) is 0 Å². The van der Waals surface area contributed by atoms with E-state index in [0.29, 0.717) is 18.8 Å². The molecule has 0 aromatic carbocycles. The number of carboxylic acids is 1. The molecule has 7 heteroatoms. The first-order valence-corrected chi connectivity index (χ1v) is 8.05. The van der Waals surface area contributed by atoms with Crippen molar-refractivity contribution in [1.82, 2.24) is 10.2 Å². The van der Waals surface area contributed by atoms with Gasteiger partial charge in [0.15, 0.2) is 0 Å². The fraction of sp³-hybridized carbons (Fsp3) is 0.769. The van der Waals surface area contributed by atoms with Crippen LogP contribution in [0.15, 0.2) is 0 Å². The van der Waals surface area contributed by atoms with Crippen LogP contribution in [-0.2, 0) is 14.4 Å². The predicted octanol–water partition coefficient (Wildman–Crippen LogP) is 0.711. The minimum Gasteiger partial charge on any atom is -0.481 e. The summed E-state index contributed by atoms with van der Waals surface area (Å²) >= 11 is 1.67. The summed E-state index contributed by atoms with van der Waals surface area (Å²) in [6, 6.07) is -0.252. The van der Waals surface area contributed by atoms with Gasteiger partial charge in [-0.2, -0.15) is 11.8 Å². The standard InChI is InChI=1S/C13H22N2O4S/c1-2-5-14-11(16)3-4-12(17)15-6-7-20-9-10(15)8-13(18)19/h10H,2-9H2,1H3,(H,14,16)(H,18,19). The second-order valence-electron chi connectivity index (χ2n) is 4.76. The van der Waals surface area contributed by atoms with E-state index in [1.54, 1.807) is 16.7 Å². The number of rotatable bonds is 7. The molecule has 2 N–H and O–H groups in total. The maximum atomic E-state index is 12.1. The highest BCUT2D eigenvalue weighted by Gasteiger charge is 2.28. The lowest BCUT2D eigenvalue weighted by atomic mass is 10.1. The summed E-state index contributed by atoms with van der Waals surface area (Å²) in [7, 11) is 0. The zero-order chi connectivity index (χ0) is 15.0. The molecule has 1 aliphatic rings. The van der Waals surface area contributed by atoms with Crippen LogP contribution >= 0.6 is 11.8 Å².